The molecule has 2 rings (SSSR count). The minimum Gasteiger partial charge on any atom is -0.389 e. The Morgan fingerprint density at radius 1 is 1.24 bits per heavy atom. The maximum absolute atomic E-state index is 4.16. The summed E-state index contributed by atoms with van der Waals surface area (Å²) >= 11 is 0. The van der Waals surface area contributed by atoms with Crippen LogP contribution in [0.2, 0.25) is 0 Å². The second-order valence-corrected chi connectivity index (χ2v) is 7.85. The molecule has 1 unspecified atom stereocenters. The summed E-state index contributed by atoms with van der Waals surface area (Å²) in [6.07, 6.45) is 13.4. The molecule has 0 amide bonds. The van der Waals surface area contributed by atoms with Crippen molar-refractivity contribution >= 4 is 24.2 Å². The Hall–Kier alpha value is -2.07. The Kier molecular flexibility index (Phi) is 12.8. The minimum atomic E-state index is 0.477. The van der Waals surface area contributed by atoms with Gasteiger partial charge in [-0.3, -0.25) is 4.99 Å². The number of piperidine rings is 1. The summed E-state index contributed by atoms with van der Waals surface area (Å²) in [6, 6.07) is 6.69. The summed E-state index contributed by atoms with van der Waals surface area (Å²) < 4.78 is 0. The summed E-state index contributed by atoms with van der Waals surface area (Å²) in [7, 11) is 4.03. The van der Waals surface area contributed by atoms with Crippen molar-refractivity contribution in [2.45, 2.75) is 64.8 Å². The first-order chi connectivity index (χ1) is 14.0. The molecule has 1 fully saturated rings. The third kappa shape index (κ3) is 10.3. The average molecular weight is 399 g/mol. The molecule has 1 aromatic carbocycles. The number of nitrogens with one attached hydrogen (secondary N) is 2. The van der Waals surface area contributed by atoms with Crippen molar-refractivity contribution in [2.75, 3.05) is 32.5 Å². The SMILES string of the molecule is C=Nc1cc(/C=C/C(=C)NC)ccc1NC1CCCN(C)C1.CCCCCCC. The largest absolute Gasteiger partial charge is 0.389 e. The first kappa shape index (κ1) is 25.0. The number of aliphatic imine (C=N–C) groups is 1. The van der Waals surface area contributed by atoms with Gasteiger partial charge in [-0.1, -0.05) is 64.7 Å². The van der Waals surface area contributed by atoms with E-state index in [1.54, 1.807) is 0 Å². The number of unbranched alkanes of at least 4 members (excludes halogenated alkanes) is 4. The lowest BCUT2D eigenvalue weighted by Gasteiger charge is -2.31. The van der Waals surface area contributed by atoms with Crippen molar-refractivity contribution in [1.82, 2.24) is 10.2 Å². The van der Waals surface area contributed by atoms with Crippen LogP contribution < -0.4 is 10.6 Å². The molecule has 0 radical (unpaired) electrons. The molecule has 2 N–H and O–H groups in total. The predicted molar refractivity (Wildman–Crippen MR) is 131 cm³/mol. The lowest BCUT2D eigenvalue weighted by atomic mass is 10.1. The number of benzene rings is 1. The molecule has 29 heavy (non-hydrogen) atoms. The molecule has 0 saturated carbocycles. The van der Waals surface area contributed by atoms with E-state index in [1.807, 2.05) is 25.3 Å². The van der Waals surface area contributed by atoms with E-state index in [-0.39, 0.29) is 0 Å². The van der Waals surface area contributed by atoms with Crippen LogP contribution in [0.1, 0.15) is 64.4 Å². The highest BCUT2D eigenvalue weighted by molar-refractivity contribution is 5.72. The summed E-state index contributed by atoms with van der Waals surface area (Å²) in [5, 5.41) is 6.60. The second-order valence-electron chi connectivity index (χ2n) is 7.85. The van der Waals surface area contributed by atoms with E-state index in [1.165, 1.54) is 51.5 Å². The van der Waals surface area contributed by atoms with Gasteiger partial charge in [0.25, 0.3) is 0 Å². The summed E-state index contributed by atoms with van der Waals surface area (Å²) in [4.78, 5) is 6.53. The number of hydrogen-bond donors (Lipinski definition) is 2. The van der Waals surface area contributed by atoms with Crippen LogP contribution in [0, 0.1) is 0 Å². The van der Waals surface area contributed by atoms with Gasteiger partial charge in [0.2, 0.25) is 0 Å². The highest BCUT2D eigenvalue weighted by Gasteiger charge is 2.17. The molecule has 4 nitrogen and oxygen atoms in total. The Labute approximate surface area is 179 Å². The summed E-state index contributed by atoms with van der Waals surface area (Å²) in [6.45, 7) is 14.3. The van der Waals surface area contributed by atoms with Gasteiger partial charge in [-0.05, 0) is 56.9 Å². The monoisotopic (exact) mass is 398 g/mol. The number of anilines is 1. The van der Waals surface area contributed by atoms with Crippen molar-refractivity contribution in [3.63, 3.8) is 0 Å². The number of hydrogen-bond acceptors (Lipinski definition) is 4. The van der Waals surface area contributed by atoms with Gasteiger partial charge >= 0.3 is 0 Å². The summed E-state index contributed by atoms with van der Waals surface area (Å²) in [5.41, 5.74) is 3.91. The van der Waals surface area contributed by atoms with Crippen LogP contribution in [-0.2, 0) is 0 Å². The van der Waals surface area contributed by atoms with Gasteiger partial charge in [0.1, 0.15) is 0 Å². The van der Waals surface area contributed by atoms with Gasteiger partial charge < -0.3 is 15.5 Å². The van der Waals surface area contributed by atoms with E-state index >= 15 is 0 Å². The first-order valence-corrected chi connectivity index (χ1v) is 11.1. The van der Waals surface area contributed by atoms with Crippen LogP contribution in [0.4, 0.5) is 11.4 Å². The predicted octanol–water partition coefficient (Wildman–Crippen LogP) is 6.25. The Balaban J connectivity index is 0.000000516. The zero-order valence-electron chi connectivity index (χ0n) is 19.1. The van der Waals surface area contributed by atoms with Gasteiger partial charge in [-0.15, -0.1) is 0 Å². The fraction of sp³-hybridized carbons (Fsp3) is 0.560. The lowest BCUT2D eigenvalue weighted by Crippen LogP contribution is -2.39. The molecule has 0 aliphatic carbocycles. The van der Waals surface area contributed by atoms with E-state index < -0.39 is 0 Å². The molecule has 1 aliphatic rings. The molecule has 4 heteroatoms. The molecule has 162 valence electrons. The first-order valence-electron chi connectivity index (χ1n) is 11.1. The molecule has 1 heterocycles. The van der Waals surface area contributed by atoms with E-state index in [0.717, 1.165) is 29.2 Å². The normalized spacial score (nSPS) is 16.8. The molecular formula is C25H42N4. The van der Waals surface area contributed by atoms with E-state index in [4.69, 9.17) is 0 Å². The Morgan fingerprint density at radius 2 is 1.97 bits per heavy atom. The standard InChI is InChI=1S/C18H26N4.C7H16/c1-14(19-2)7-8-15-9-10-17(18(12-15)20-3)21-16-6-5-11-22(4)13-16;1-3-5-7-6-4-2/h7-10,12,16,19,21H,1,3,5-6,11,13H2,2,4H3;3-7H2,1-2H3/b8-7+;. The van der Waals surface area contributed by atoms with Crippen molar-refractivity contribution in [1.29, 1.82) is 0 Å². The molecule has 1 aromatic rings. The van der Waals surface area contributed by atoms with Crippen LogP contribution in [0.3, 0.4) is 0 Å². The van der Waals surface area contributed by atoms with Crippen molar-refractivity contribution in [2.24, 2.45) is 4.99 Å². The summed E-state index contributed by atoms with van der Waals surface area (Å²) in [5.74, 6) is 0. The zero-order chi connectivity index (χ0) is 21.5. The lowest BCUT2D eigenvalue weighted by molar-refractivity contribution is 0.261. The van der Waals surface area contributed by atoms with E-state index in [0.29, 0.717) is 6.04 Å². The maximum atomic E-state index is 4.16. The minimum absolute atomic E-state index is 0.477. The van der Waals surface area contributed by atoms with E-state index in [2.05, 4.69) is 66.9 Å². The van der Waals surface area contributed by atoms with Crippen LogP contribution >= 0.6 is 0 Å². The molecular weight excluding hydrogens is 356 g/mol. The maximum Gasteiger partial charge on any atom is 0.0859 e. The molecule has 0 bridgehead atoms. The zero-order valence-corrected chi connectivity index (χ0v) is 19.1. The van der Waals surface area contributed by atoms with Crippen molar-refractivity contribution in [3.05, 3.63) is 42.1 Å². The van der Waals surface area contributed by atoms with Gasteiger partial charge in [-0.2, -0.15) is 0 Å². The molecule has 1 saturated heterocycles. The third-order valence-corrected chi connectivity index (χ3v) is 5.18. The number of likely N-dealkylation sites (N-methyl/N-ethyl adjacent to an activating group) is 2. The number of likely N-dealkylation sites (tertiary alicyclic amines) is 1. The van der Waals surface area contributed by atoms with Crippen LogP contribution in [0.25, 0.3) is 6.08 Å². The average Bonchev–Trinajstić information content (AvgIpc) is 2.73. The topological polar surface area (TPSA) is 39.7 Å². The smallest absolute Gasteiger partial charge is 0.0859 e. The fourth-order valence-electron chi connectivity index (χ4n) is 3.37. The third-order valence-electron chi connectivity index (χ3n) is 5.18. The van der Waals surface area contributed by atoms with Crippen LogP contribution in [-0.4, -0.2) is 44.8 Å². The molecule has 0 aromatic heterocycles. The van der Waals surface area contributed by atoms with Crippen molar-refractivity contribution in [3.8, 4) is 0 Å². The number of allylic oxidation sites excluding steroid dienone is 1. The highest BCUT2D eigenvalue weighted by Crippen LogP contribution is 2.28. The Morgan fingerprint density at radius 3 is 2.55 bits per heavy atom. The van der Waals surface area contributed by atoms with Gasteiger partial charge in [0, 0.05) is 25.3 Å². The molecule has 1 aliphatic heterocycles. The fourth-order valence-corrected chi connectivity index (χ4v) is 3.37. The highest BCUT2D eigenvalue weighted by atomic mass is 15.1. The quantitative estimate of drug-likeness (QED) is 0.278. The van der Waals surface area contributed by atoms with Crippen LogP contribution in [0.5, 0.6) is 0 Å². The molecule has 1 atom stereocenters. The van der Waals surface area contributed by atoms with Gasteiger partial charge in [-0.25, -0.2) is 0 Å². The Bertz CT molecular complexity index is 632. The van der Waals surface area contributed by atoms with Gasteiger partial charge in [0.15, 0.2) is 0 Å². The number of rotatable bonds is 10. The van der Waals surface area contributed by atoms with E-state index in [9.17, 15) is 0 Å². The van der Waals surface area contributed by atoms with Crippen molar-refractivity contribution < 1.29 is 0 Å². The second kappa shape index (κ2) is 14.9. The van der Waals surface area contributed by atoms with Crippen LogP contribution in [0.15, 0.2) is 41.5 Å². The number of nitrogens with zero attached hydrogens (tertiary/aromatic N) is 2. The van der Waals surface area contributed by atoms with Gasteiger partial charge in [0.05, 0.1) is 11.4 Å². The molecule has 0 spiro atoms.